The molecule has 20 heavy (non-hydrogen) atoms. The average Bonchev–Trinajstić information content (AvgIpc) is 2.86. The van der Waals surface area contributed by atoms with Gasteiger partial charge >= 0.3 is 0 Å². The molecule has 2 rings (SSSR count). The average molecular weight is 339 g/mol. The monoisotopic (exact) mass is 338 g/mol. The number of nitrogens with zero attached hydrogens (tertiary/aromatic N) is 1. The molecule has 1 amide bonds. The summed E-state index contributed by atoms with van der Waals surface area (Å²) in [5.74, 6) is 0.0808. The Hall–Kier alpha value is -0.330. The van der Waals surface area contributed by atoms with Gasteiger partial charge in [0, 0.05) is 19.7 Å². The number of halogens is 2. The third-order valence-electron chi connectivity index (χ3n) is 3.22. The zero-order chi connectivity index (χ0) is 13.7. The van der Waals surface area contributed by atoms with Crippen LogP contribution in [-0.2, 0) is 4.74 Å². The number of piperidine rings is 1. The second-order valence-corrected chi connectivity index (χ2v) is 6.32. The summed E-state index contributed by atoms with van der Waals surface area (Å²) in [6.07, 6.45) is 2.96. The molecule has 0 saturated carbocycles. The summed E-state index contributed by atoms with van der Waals surface area (Å²) < 4.78 is 6.38. The maximum atomic E-state index is 12.2. The number of rotatable bonds is 5. The highest BCUT2D eigenvalue weighted by Crippen LogP contribution is 2.24. The van der Waals surface area contributed by atoms with Gasteiger partial charge in [0.1, 0.15) is 0 Å². The molecule has 1 aromatic heterocycles. The van der Waals surface area contributed by atoms with E-state index >= 15 is 0 Å². The van der Waals surface area contributed by atoms with Crippen LogP contribution in [-0.4, -0.2) is 43.2 Å². The van der Waals surface area contributed by atoms with E-state index in [1.54, 1.807) is 12.1 Å². The Morgan fingerprint density at radius 3 is 2.70 bits per heavy atom. The van der Waals surface area contributed by atoms with E-state index in [1.165, 1.54) is 11.3 Å². The van der Waals surface area contributed by atoms with Gasteiger partial charge < -0.3 is 15.4 Å². The second-order valence-electron chi connectivity index (χ2n) is 4.61. The number of amides is 1. The number of thiophene rings is 1. The van der Waals surface area contributed by atoms with Crippen molar-refractivity contribution in [2.24, 2.45) is 5.73 Å². The van der Waals surface area contributed by atoms with E-state index < -0.39 is 0 Å². The molecule has 4 nitrogen and oxygen atoms in total. The van der Waals surface area contributed by atoms with Gasteiger partial charge in [0.25, 0.3) is 5.91 Å². The first-order chi connectivity index (χ1) is 9.20. The Morgan fingerprint density at radius 1 is 1.45 bits per heavy atom. The van der Waals surface area contributed by atoms with Gasteiger partial charge in [-0.3, -0.25) is 4.79 Å². The molecule has 0 atom stereocenters. The second kappa shape index (κ2) is 8.85. The summed E-state index contributed by atoms with van der Waals surface area (Å²) in [6.45, 7) is 2.88. The van der Waals surface area contributed by atoms with Crippen LogP contribution in [0.3, 0.4) is 0 Å². The Morgan fingerprint density at radius 2 is 2.15 bits per heavy atom. The first kappa shape index (κ1) is 17.7. The number of nitrogens with two attached hydrogens (primary N) is 1. The van der Waals surface area contributed by atoms with Crippen molar-refractivity contribution in [3.8, 4) is 0 Å². The van der Waals surface area contributed by atoms with E-state index in [0.717, 1.165) is 39.0 Å². The normalized spacial score (nSPS) is 16.0. The summed E-state index contributed by atoms with van der Waals surface area (Å²) in [7, 11) is 0. The minimum Gasteiger partial charge on any atom is -0.378 e. The maximum absolute atomic E-state index is 12.2. The van der Waals surface area contributed by atoms with E-state index in [4.69, 9.17) is 22.1 Å². The van der Waals surface area contributed by atoms with Crippen LogP contribution in [0, 0.1) is 0 Å². The zero-order valence-corrected chi connectivity index (χ0v) is 13.6. The molecule has 7 heteroatoms. The standard InChI is InChI=1S/C13H19ClN2O2S.ClH/c14-12-3-2-11(19-12)13(17)16-7-4-10(5-8-16)18-9-1-6-15;/h2-3,10H,1,4-9,15H2;1H. The predicted octanol–water partition coefficient (Wildman–Crippen LogP) is 2.79. The quantitative estimate of drug-likeness (QED) is 0.840. The highest BCUT2D eigenvalue weighted by Gasteiger charge is 2.24. The summed E-state index contributed by atoms with van der Waals surface area (Å²) in [5, 5.41) is 0. The predicted molar refractivity (Wildman–Crippen MR) is 85.1 cm³/mol. The number of hydrogen-bond donors (Lipinski definition) is 1. The van der Waals surface area contributed by atoms with E-state index in [2.05, 4.69) is 0 Å². The van der Waals surface area contributed by atoms with E-state index in [-0.39, 0.29) is 24.4 Å². The molecular weight excluding hydrogens is 319 g/mol. The number of likely N-dealkylation sites (tertiary alicyclic amines) is 1. The first-order valence-corrected chi connectivity index (χ1v) is 7.76. The molecule has 0 bridgehead atoms. The number of carbonyl (C=O) groups excluding carboxylic acids is 1. The Kier molecular flexibility index (Phi) is 7.84. The van der Waals surface area contributed by atoms with Gasteiger partial charge in [-0.1, -0.05) is 11.6 Å². The Balaban J connectivity index is 0.00000200. The fourth-order valence-electron chi connectivity index (χ4n) is 2.14. The van der Waals surface area contributed by atoms with Crippen molar-refractivity contribution in [3.05, 3.63) is 21.3 Å². The topological polar surface area (TPSA) is 55.6 Å². The molecule has 0 aliphatic carbocycles. The number of carbonyl (C=O) groups is 1. The van der Waals surface area contributed by atoms with Crippen LogP contribution in [0.25, 0.3) is 0 Å². The van der Waals surface area contributed by atoms with Crippen molar-refractivity contribution in [2.75, 3.05) is 26.2 Å². The van der Waals surface area contributed by atoms with Crippen molar-refractivity contribution < 1.29 is 9.53 Å². The summed E-state index contributed by atoms with van der Waals surface area (Å²) in [4.78, 5) is 14.8. The van der Waals surface area contributed by atoms with Crippen LogP contribution in [0.4, 0.5) is 0 Å². The lowest BCUT2D eigenvalue weighted by atomic mass is 10.1. The molecule has 0 radical (unpaired) electrons. The summed E-state index contributed by atoms with van der Waals surface area (Å²) in [6, 6.07) is 3.56. The largest absolute Gasteiger partial charge is 0.378 e. The third-order valence-corrected chi connectivity index (χ3v) is 4.43. The molecule has 1 saturated heterocycles. The molecule has 2 heterocycles. The van der Waals surface area contributed by atoms with Crippen molar-refractivity contribution in [1.29, 1.82) is 0 Å². The zero-order valence-electron chi connectivity index (χ0n) is 11.2. The van der Waals surface area contributed by atoms with Gasteiger partial charge in [-0.2, -0.15) is 0 Å². The lowest BCUT2D eigenvalue weighted by Gasteiger charge is -2.31. The van der Waals surface area contributed by atoms with Crippen LogP contribution >= 0.6 is 35.3 Å². The SMILES string of the molecule is Cl.NCCCOC1CCN(C(=O)c2ccc(Cl)s2)CC1. The molecule has 114 valence electrons. The fourth-order valence-corrected chi connectivity index (χ4v) is 3.15. The molecule has 1 fully saturated rings. The van der Waals surface area contributed by atoms with Gasteiger partial charge in [-0.15, -0.1) is 23.7 Å². The lowest BCUT2D eigenvalue weighted by Crippen LogP contribution is -2.40. The van der Waals surface area contributed by atoms with Gasteiger partial charge in [-0.25, -0.2) is 0 Å². The minimum atomic E-state index is 0. The van der Waals surface area contributed by atoms with Gasteiger partial charge in [-0.05, 0) is 37.9 Å². The van der Waals surface area contributed by atoms with Crippen LogP contribution in [0.15, 0.2) is 12.1 Å². The minimum absolute atomic E-state index is 0. The summed E-state index contributed by atoms with van der Waals surface area (Å²) in [5.41, 5.74) is 5.43. The van der Waals surface area contributed by atoms with Crippen LogP contribution in [0.5, 0.6) is 0 Å². The van der Waals surface area contributed by atoms with E-state index in [9.17, 15) is 4.79 Å². The highest BCUT2D eigenvalue weighted by molar-refractivity contribution is 7.17. The van der Waals surface area contributed by atoms with E-state index in [0.29, 0.717) is 15.8 Å². The van der Waals surface area contributed by atoms with Crippen molar-refractivity contribution in [1.82, 2.24) is 4.90 Å². The Labute approximate surface area is 134 Å². The Bertz CT molecular complexity index is 420. The molecule has 0 aromatic carbocycles. The first-order valence-electron chi connectivity index (χ1n) is 6.57. The molecular formula is C13H20Cl2N2O2S. The van der Waals surface area contributed by atoms with Gasteiger partial charge in [0.2, 0.25) is 0 Å². The van der Waals surface area contributed by atoms with Crippen LogP contribution < -0.4 is 5.73 Å². The highest BCUT2D eigenvalue weighted by atomic mass is 35.5. The van der Waals surface area contributed by atoms with Crippen molar-refractivity contribution >= 4 is 41.3 Å². The van der Waals surface area contributed by atoms with E-state index in [1.807, 2.05) is 4.90 Å². The summed E-state index contributed by atoms with van der Waals surface area (Å²) >= 11 is 7.19. The molecule has 1 aliphatic rings. The van der Waals surface area contributed by atoms with Gasteiger partial charge in [0.05, 0.1) is 15.3 Å². The van der Waals surface area contributed by atoms with Crippen LogP contribution in [0.2, 0.25) is 4.34 Å². The van der Waals surface area contributed by atoms with Crippen molar-refractivity contribution in [3.63, 3.8) is 0 Å². The lowest BCUT2D eigenvalue weighted by molar-refractivity contribution is 0.00858. The molecule has 2 N–H and O–H groups in total. The smallest absolute Gasteiger partial charge is 0.263 e. The van der Waals surface area contributed by atoms with Crippen LogP contribution in [0.1, 0.15) is 28.9 Å². The number of ether oxygens (including phenoxy) is 1. The maximum Gasteiger partial charge on any atom is 0.263 e. The van der Waals surface area contributed by atoms with Gasteiger partial charge in [0.15, 0.2) is 0 Å². The third kappa shape index (κ3) is 4.90. The number of hydrogen-bond acceptors (Lipinski definition) is 4. The molecule has 1 aromatic rings. The molecule has 0 unspecified atom stereocenters. The molecule has 0 spiro atoms. The molecule has 1 aliphatic heterocycles. The fraction of sp³-hybridized carbons (Fsp3) is 0.615. The van der Waals surface area contributed by atoms with Crippen molar-refractivity contribution in [2.45, 2.75) is 25.4 Å².